The third kappa shape index (κ3) is 4.49. The van der Waals surface area contributed by atoms with E-state index in [-0.39, 0.29) is 0 Å². The van der Waals surface area contributed by atoms with E-state index in [2.05, 4.69) is 16.4 Å². The van der Waals surface area contributed by atoms with Crippen LogP contribution in [0.1, 0.15) is 20.3 Å². The summed E-state index contributed by atoms with van der Waals surface area (Å²) < 4.78 is 5.31. The summed E-state index contributed by atoms with van der Waals surface area (Å²) in [6, 6.07) is 5.74. The quantitative estimate of drug-likeness (QED) is 0.574. The van der Waals surface area contributed by atoms with Crippen LogP contribution < -0.4 is 10.1 Å². The highest BCUT2D eigenvalue weighted by molar-refractivity contribution is 5.36. The Morgan fingerprint density at radius 3 is 3.07 bits per heavy atom. The van der Waals surface area contributed by atoms with Crippen molar-refractivity contribution in [3.05, 3.63) is 30.4 Å². The Balaban J connectivity index is 2.42. The summed E-state index contributed by atoms with van der Waals surface area (Å²) in [5.41, 5.74) is 0. The Morgan fingerprint density at radius 2 is 2.33 bits per heavy atom. The zero-order chi connectivity index (χ0) is 10.9. The lowest BCUT2D eigenvalue weighted by molar-refractivity contribution is 0.327. The van der Waals surface area contributed by atoms with Crippen molar-refractivity contribution in [1.82, 2.24) is 4.98 Å². The standard InChI is InChI=1S/C12H18N2O/c1-3-5-6-10-13-11-8-7-9-12(14-11)15-4-2/h3,5,7-9H,4,6,10H2,1-2H3,(H,13,14)/b5-3+. The summed E-state index contributed by atoms with van der Waals surface area (Å²) in [5, 5.41) is 3.24. The minimum absolute atomic E-state index is 0.648. The first kappa shape index (κ1) is 11.6. The Hall–Kier alpha value is -1.51. The maximum Gasteiger partial charge on any atom is 0.215 e. The van der Waals surface area contributed by atoms with Crippen LogP contribution in [0, 0.1) is 0 Å². The van der Waals surface area contributed by atoms with Crippen LogP contribution in [0.15, 0.2) is 30.4 Å². The number of aromatic nitrogens is 1. The number of pyridine rings is 1. The Kier molecular flexibility index (Phi) is 5.30. The van der Waals surface area contributed by atoms with Gasteiger partial charge in [0.1, 0.15) is 5.82 Å². The third-order valence-corrected chi connectivity index (χ3v) is 1.87. The Labute approximate surface area is 91.2 Å². The maximum absolute atomic E-state index is 5.31. The molecule has 3 heteroatoms. The van der Waals surface area contributed by atoms with E-state index < -0.39 is 0 Å². The molecule has 0 radical (unpaired) electrons. The molecule has 1 N–H and O–H groups in total. The van der Waals surface area contributed by atoms with Crippen molar-refractivity contribution in [2.45, 2.75) is 20.3 Å². The summed E-state index contributed by atoms with van der Waals surface area (Å²) in [4.78, 5) is 4.30. The number of ether oxygens (including phenoxy) is 1. The van der Waals surface area contributed by atoms with E-state index in [1.807, 2.05) is 38.1 Å². The van der Waals surface area contributed by atoms with Crippen LogP contribution in [0.3, 0.4) is 0 Å². The highest BCUT2D eigenvalue weighted by Gasteiger charge is 1.95. The van der Waals surface area contributed by atoms with Gasteiger partial charge in [0.2, 0.25) is 5.88 Å². The molecule has 1 aromatic rings. The second-order valence-corrected chi connectivity index (χ2v) is 3.08. The Bertz CT molecular complexity index is 310. The highest BCUT2D eigenvalue weighted by Crippen LogP contribution is 2.10. The summed E-state index contributed by atoms with van der Waals surface area (Å²) in [5.74, 6) is 1.54. The number of nitrogens with one attached hydrogen (secondary N) is 1. The molecule has 0 spiro atoms. The van der Waals surface area contributed by atoms with Crippen molar-refractivity contribution in [3.8, 4) is 5.88 Å². The first-order valence-corrected chi connectivity index (χ1v) is 5.31. The number of rotatable bonds is 6. The molecule has 3 nitrogen and oxygen atoms in total. The molecule has 1 heterocycles. The lowest BCUT2D eigenvalue weighted by atomic mass is 10.3. The first-order valence-electron chi connectivity index (χ1n) is 5.31. The zero-order valence-electron chi connectivity index (χ0n) is 9.36. The largest absolute Gasteiger partial charge is 0.478 e. The van der Waals surface area contributed by atoms with Gasteiger partial charge >= 0.3 is 0 Å². The lowest BCUT2D eigenvalue weighted by Crippen LogP contribution is -2.03. The fraction of sp³-hybridized carbons (Fsp3) is 0.417. The smallest absolute Gasteiger partial charge is 0.215 e. The van der Waals surface area contributed by atoms with Gasteiger partial charge in [-0.05, 0) is 26.3 Å². The third-order valence-electron chi connectivity index (χ3n) is 1.87. The van der Waals surface area contributed by atoms with E-state index in [0.29, 0.717) is 12.5 Å². The predicted octanol–water partition coefficient (Wildman–Crippen LogP) is 2.86. The lowest BCUT2D eigenvalue weighted by Gasteiger charge is -2.06. The van der Waals surface area contributed by atoms with Crippen LogP contribution in [-0.2, 0) is 0 Å². The van der Waals surface area contributed by atoms with Crippen molar-refractivity contribution in [1.29, 1.82) is 0 Å². The molecule has 0 aliphatic carbocycles. The number of nitrogens with zero attached hydrogens (tertiary/aromatic N) is 1. The molecule has 0 unspecified atom stereocenters. The second kappa shape index (κ2) is 6.87. The van der Waals surface area contributed by atoms with Crippen molar-refractivity contribution in [2.75, 3.05) is 18.5 Å². The fourth-order valence-electron chi connectivity index (χ4n) is 1.19. The van der Waals surface area contributed by atoms with Crippen molar-refractivity contribution < 1.29 is 4.74 Å². The summed E-state index contributed by atoms with van der Waals surface area (Å²) in [7, 11) is 0. The van der Waals surface area contributed by atoms with Gasteiger partial charge in [0.15, 0.2) is 0 Å². The van der Waals surface area contributed by atoms with Crippen LogP contribution in [0.5, 0.6) is 5.88 Å². The number of anilines is 1. The molecule has 0 aliphatic heterocycles. The van der Waals surface area contributed by atoms with Gasteiger partial charge in [-0.25, -0.2) is 0 Å². The maximum atomic E-state index is 5.31. The molecule has 0 atom stereocenters. The normalized spacial score (nSPS) is 10.5. The van der Waals surface area contributed by atoms with Gasteiger partial charge in [-0.3, -0.25) is 0 Å². The Morgan fingerprint density at radius 1 is 1.47 bits per heavy atom. The minimum Gasteiger partial charge on any atom is -0.478 e. The predicted molar refractivity (Wildman–Crippen MR) is 63.3 cm³/mol. The van der Waals surface area contributed by atoms with Crippen LogP contribution in [0.4, 0.5) is 5.82 Å². The van der Waals surface area contributed by atoms with Gasteiger partial charge in [-0.2, -0.15) is 4.98 Å². The van der Waals surface area contributed by atoms with Crippen molar-refractivity contribution in [2.24, 2.45) is 0 Å². The number of hydrogen-bond acceptors (Lipinski definition) is 3. The average molecular weight is 206 g/mol. The second-order valence-electron chi connectivity index (χ2n) is 3.08. The number of hydrogen-bond donors (Lipinski definition) is 1. The molecule has 15 heavy (non-hydrogen) atoms. The van der Waals surface area contributed by atoms with Crippen LogP contribution in [0.25, 0.3) is 0 Å². The summed E-state index contributed by atoms with van der Waals surface area (Å²) in [6.07, 6.45) is 5.18. The topological polar surface area (TPSA) is 34.1 Å². The molecular weight excluding hydrogens is 188 g/mol. The van der Waals surface area contributed by atoms with E-state index in [1.165, 1.54) is 0 Å². The van der Waals surface area contributed by atoms with Crippen LogP contribution in [-0.4, -0.2) is 18.1 Å². The molecule has 0 aliphatic rings. The minimum atomic E-state index is 0.648. The van der Waals surface area contributed by atoms with Gasteiger partial charge in [0.25, 0.3) is 0 Å². The first-order chi connectivity index (χ1) is 7.36. The molecular formula is C12H18N2O. The van der Waals surface area contributed by atoms with Crippen molar-refractivity contribution in [3.63, 3.8) is 0 Å². The summed E-state index contributed by atoms with van der Waals surface area (Å²) >= 11 is 0. The molecule has 1 rings (SSSR count). The van der Waals surface area contributed by atoms with E-state index in [1.54, 1.807) is 0 Å². The average Bonchev–Trinajstić information content (AvgIpc) is 2.26. The molecule has 0 bridgehead atoms. The van der Waals surface area contributed by atoms with E-state index in [0.717, 1.165) is 18.8 Å². The zero-order valence-corrected chi connectivity index (χ0v) is 9.36. The van der Waals surface area contributed by atoms with Gasteiger partial charge < -0.3 is 10.1 Å². The molecule has 0 aromatic carbocycles. The SMILES string of the molecule is C/C=C/CCNc1cccc(OCC)n1. The molecule has 0 fully saturated rings. The van der Waals surface area contributed by atoms with E-state index in [4.69, 9.17) is 4.74 Å². The molecule has 0 saturated carbocycles. The van der Waals surface area contributed by atoms with Gasteiger partial charge in [0, 0.05) is 12.6 Å². The van der Waals surface area contributed by atoms with E-state index in [9.17, 15) is 0 Å². The fourth-order valence-corrected chi connectivity index (χ4v) is 1.19. The monoisotopic (exact) mass is 206 g/mol. The molecule has 0 saturated heterocycles. The number of allylic oxidation sites excluding steroid dienone is 1. The molecule has 0 amide bonds. The molecule has 82 valence electrons. The van der Waals surface area contributed by atoms with Crippen molar-refractivity contribution >= 4 is 5.82 Å². The van der Waals surface area contributed by atoms with Crippen LogP contribution in [0.2, 0.25) is 0 Å². The highest BCUT2D eigenvalue weighted by atomic mass is 16.5. The van der Waals surface area contributed by atoms with Gasteiger partial charge in [-0.1, -0.05) is 18.2 Å². The van der Waals surface area contributed by atoms with E-state index >= 15 is 0 Å². The van der Waals surface area contributed by atoms with Gasteiger partial charge in [-0.15, -0.1) is 0 Å². The van der Waals surface area contributed by atoms with Gasteiger partial charge in [0.05, 0.1) is 6.61 Å². The molecule has 1 aromatic heterocycles. The summed E-state index contributed by atoms with van der Waals surface area (Å²) in [6.45, 7) is 5.52. The van der Waals surface area contributed by atoms with Crippen LogP contribution >= 0.6 is 0 Å².